The predicted molar refractivity (Wildman–Crippen MR) is 92.7 cm³/mol. The number of benzene rings is 2. The second-order valence-electron chi connectivity index (χ2n) is 6.06. The number of ether oxygens (including phenoxy) is 1. The van der Waals surface area contributed by atoms with Gasteiger partial charge in [-0.2, -0.15) is 5.10 Å². The fourth-order valence-corrected chi connectivity index (χ4v) is 3.14. The number of phenols is 1. The number of fused-ring (bicyclic) bond motifs is 1. The maximum absolute atomic E-state index is 12.3. The monoisotopic (exact) mass is 335 g/mol. The van der Waals surface area contributed by atoms with E-state index >= 15 is 0 Å². The van der Waals surface area contributed by atoms with E-state index in [2.05, 4.69) is 15.5 Å². The molecule has 2 heterocycles. The summed E-state index contributed by atoms with van der Waals surface area (Å²) in [6.07, 6.45) is 0. The summed E-state index contributed by atoms with van der Waals surface area (Å²) in [5.74, 6) is 0.222. The van der Waals surface area contributed by atoms with Gasteiger partial charge in [0.25, 0.3) is 5.91 Å². The maximum Gasteiger partial charge on any atom is 0.270 e. The Morgan fingerprint density at radius 2 is 1.92 bits per heavy atom. The van der Waals surface area contributed by atoms with Crippen LogP contribution >= 0.6 is 0 Å². The number of aromatic hydroxyl groups is 1. The van der Waals surface area contributed by atoms with Gasteiger partial charge in [-0.3, -0.25) is 9.89 Å². The minimum Gasteiger partial charge on any atom is -0.504 e. The molecule has 0 bridgehead atoms. The van der Waals surface area contributed by atoms with E-state index in [4.69, 9.17) is 4.74 Å². The van der Waals surface area contributed by atoms with Crippen molar-refractivity contribution in [1.29, 1.82) is 0 Å². The zero-order valence-corrected chi connectivity index (χ0v) is 13.8. The maximum atomic E-state index is 12.3. The molecule has 0 saturated heterocycles. The number of hydrogen-bond acceptors (Lipinski definition) is 4. The molecule has 0 saturated carbocycles. The molecule has 1 aliphatic heterocycles. The van der Waals surface area contributed by atoms with Gasteiger partial charge in [-0.25, -0.2) is 0 Å². The number of aromatic amines is 1. The lowest BCUT2D eigenvalue weighted by Gasteiger charge is -2.15. The number of amides is 1. The summed E-state index contributed by atoms with van der Waals surface area (Å²) in [6.45, 7) is 2.02. The molecule has 2 aromatic carbocycles. The van der Waals surface area contributed by atoms with Gasteiger partial charge in [0, 0.05) is 11.1 Å². The van der Waals surface area contributed by atoms with Crippen LogP contribution in [0.15, 0.2) is 42.5 Å². The third-order valence-corrected chi connectivity index (χ3v) is 4.46. The van der Waals surface area contributed by atoms with Crippen LogP contribution < -0.4 is 10.1 Å². The highest BCUT2D eigenvalue weighted by atomic mass is 16.5. The highest BCUT2D eigenvalue weighted by molar-refractivity contribution is 6.00. The summed E-state index contributed by atoms with van der Waals surface area (Å²) in [7, 11) is 1.49. The van der Waals surface area contributed by atoms with E-state index < -0.39 is 0 Å². The first kappa shape index (κ1) is 15.3. The van der Waals surface area contributed by atoms with Crippen LogP contribution in [0.3, 0.4) is 0 Å². The van der Waals surface area contributed by atoms with Gasteiger partial charge in [-0.15, -0.1) is 0 Å². The number of H-pyrrole nitrogens is 1. The van der Waals surface area contributed by atoms with E-state index in [0.717, 1.165) is 27.9 Å². The lowest BCUT2D eigenvalue weighted by Crippen LogP contribution is -2.21. The highest BCUT2D eigenvalue weighted by Gasteiger charge is 2.35. The van der Waals surface area contributed by atoms with Crippen LogP contribution in [0.2, 0.25) is 0 Å². The number of carbonyl (C=O) groups excluding carboxylic acids is 1. The molecule has 0 radical (unpaired) electrons. The van der Waals surface area contributed by atoms with Gasteiger partial charge in [0.2, 0.25) is 0 Å². The van der Waals surface area contributed by atoms with Gasteiger partial charge >= 0.3 is 0 Å². The van der Waals surface area contributed by atoms with E-state index in [1.807, 2.05) is 31.2 Å². The van der Waals surface area contributed by atoms with E-state index in [0.29, 0.717) is 11.4 Å². The molecule has 0 spiro atoms. The first-order valence-electron chi connectivity index (χ1n) is 7.91. The van der Waals surface area contributed by atoms with Crippen molar-refractivity contribution in [2.75, 3.05) is 7.11 Å². The third-order valence-electron chi connectivity index (χ3n) is 4.46. The molecule has 1 aliphatic rings. The fraction of sp³-hybridized carbons (Fsp3) is 0.158. The minimum atomic E-state index is -0.355. The van der Waals surface area contributed by atoms with Crippen molar-refractivity contribution in [1.82, 2.24) is 15.5 Å². The molecule has 1 amide bonds. The Morgan fingerprint density at radius 3 is 2.64 bits per heavy atom. The summed E-state index contributed by atoms with van der Waals surface area (Å²) in [6, 6.07) is 12.7. The van der Waals surface area contributed by atoms with E-state index in [1.54, 1.807) is 18.2 Å². The van der Waals surface area contributed by atoms with E-state index in [-0.39, 0.29) is 17.7 Å². The number of methoxy groups -OCH3 is 1. The number of nitrogens with zero attached hydrogens (tertiary/aromatic N) is 1. The van der Waals surface area contributed by atoms with Gasteiger partial charge in [0.1, 0.15) is 5.69 Å². The van der Waals surface area contributed by atoms with Gasteiger partial charge in [0.05, 0.1) is 18.8 Å². The van der Waals surface area contributed by atoms with Crippen molar-refractivity contribution in [2.45, 2.75) is 13.0 Å². The molecule has 4 rings (SSSR count). The van der Waals surface area contributed by atoms with Gasteiger partial charge in [0.15, 0.2) is 11.5 Å². The lowest BCUT2D eigenvalue weighted by atomic mass is 9.96. The average Bonchev–Trinajstić information content (AvgIpc) is 3.18. The molecule has 0 fully saturated rings. The summed E-state index contributed by atoms with van der Waals surface area (Å²) >= 11 is 0. The Hall–Kier alpha value is -3.28. The second-order valence-corrected chi connectivity index (χ2v) is 6.06. The Morgan fingerprint density at radius 1 is 1.16 bits per heavy atom. The van der Waals surface area contributed by atoms with Crippen molar-refractivity contribution >= 4 is 5.91 Å². The number of nitrogens with one attached hydrogen (secondary N) is 2. The second kappa shape index (κ2) is 5.66. The van der Waals surface area contributed by atoms with E-state index in [9.17, 15) is 9.90 Å². The molecule has 126 valence electrons. The van der Waals surface area contributed by atoms with E-state index in [1.165, 1.54) is 7.11 Å². The summed E-state index contributed by atoms with van der Waals surface area (Å²) in [4.78, 5) is 12.3. The highest BCUT2D eigenvalue weighted by Crippen LogP contribution is 2.39. The first-order chi connectivity index (χ1) is 12.1. The standard InChI is InChI=1S/C19H17N3O3/c1-10-3-5-11(6-4-10)17-15-16(20-19(24)18(15)22-21-17)12-7-8-13(23)14(9-12)25-2/h3-9,16,23H,1-2H3,(H,20,24)(H,21,22). The van der Waals surface area contributed by atoms with Crippen molar-refractivity contribution in [2.24, 2.45) is 0 Å². The van der Waals surface area contributed by atoms with Crippen LogP contribution in [0, 0.1) is 6.92 Å². The predicted octanol–water partition coefficient (Wildman–Crippen LogP) is 2.93. The first-order valence-corrected chi connectivity index (χ1v) is 7.91. The molecule has 0 aliphatic carbocycles. The fourth-order valence-electron chi connectivity index (χ4n) is 3.14. The molecule has 25 heavy (non-hydrogen) atoms. The van der Waals surface area contributed by atoms with Crippen LogP contribution in [0.1, 0.15) is 33.2 Å². The summed E-state index contributed by atoms with van der Waals surface area (Å²) in [5, 5.41) is 20.0. The van der Waals surface area contributed by atoms with Crippen LogP contribution in [0.5, 0.6) is 11.5 Å². The largest absolute Gasteiger partial charge is 0.504 e. The van der Waals surface area contributed by atoms with Gasteiger partial charge in [-0.05, 0) is 24.6 Å². The SMILES string of the molecule is COc1cc(C2NC(=O)c3[nH]nc(-c4ccc(C)cc4)c32)ccc1O. The molecule has 1 atom stereocenters. The molecular formula is C19H17N3O3. The smallest absolute Gasteiger partial charge is 0.270 e. The quantitative estimate of drug-likeness (QED) is 0.687. The molecule has 3 aromatic rings. The van der Waals surface area contributed by atoms with Gasteiger partial charge in [-0.1, -0.05) is 35.9 Å². The number of aromatic nitrogens is 2. The third kappa shape index (κ3) is 2.42. The number of phenolic OH excluding ortho intramolecular Hbond substituents is 1. The van der Waals surface area contributed by atoms with Gasteiger partial charge < -0.3 is 15.2 Å². The molecule has 6 nitrogen and oxygen atoms in total. The molecular weight excluding hydrogens is 318 g/mol. The molecule has 1 aromatic heterocycles. The van der Waals surface area contributed by atoms with Crippen LogP contribution in [-0.2, 0) is 0 Å². The summed E-state index contributed by atoms with van der Waals surface area (Å²) < 4.78 is 5.18. The number of hydrogen-bond donors (Lipinski definition) is 3. The van der Waals surface area contributed by atoms with Crippen molar-refractivity contribution < 1.29 is 14.6 Å². The summed E-state index contributed by atoms with van der Waals surface area (Å²) in [5.41, 5.74) is 4.93. The zero-order valence-electron chi connectivity index (χ0n) is 13.8. The topological polar surface area (TPSA) is 87.2 Å². The zero-order chi connectivity index (χ0) is 17.6. The Balaban J connectivity index is 1.84. The molecule has 1 unspecified atom stereocenters. The number of aryl methyl sites for hydroxylation is 1. The van der Waals surface area contributed by atoms with Crippen molar-refractivity contribution in [3.05, 3.63) is 64.8 Å². The van der Waals surface area contributed by atoms with Crippen molar-refractivity contribution in [3.8, 4) is 22.8 Å². The van der Waals surface area contributed by atoms with Crippen molar-refractivity contribution in [3.63, 3.8) is 0 Å². The average molecular weight is 335 g/mol. The van der Waals surface area contributed by atoms with Crippen LogP contribution in [0.4, 0.5) is 0 Å². The number of carbonyl (C=O) groups is 1. The van der Waals surface area contributed by atoms with Crippen LogP contribution in [0.25, 0.3) is 11.3 Å². The van der Waals surface area contributed by atoms with Crippen LogP contribution in [-0.4, -0.2) is 28.3 Å². The lowest BCUT2D eigenvalue weighted by molar-refractivity contribution is 0.0955. The Bertz CT molecular complexity index is 961. The Labute approximate surface area is 144 Å². The Kier molecular flexibility index (Phi) is 3.46. The molecule has 3 N–H and O–H groups in total. The normalized spacial score (nSPS) is 15.8. The minimum absolute atomic E-state index is 0.0572. The number of rotatable bonds is 3. The molecule has 6 heteroatoms.